The first-order chi connectivity index (χ1) is 8.49. The van der Waals surface area contributed by atoms with Gasteiger partial charge in [-0.05, 0) is 18.2 Å². The molecule has 18 heavy (non-hydrogen) atoms. The van der Waals surface area contributed by atoms with E-state index in [9.17, 15) is 13.9 Å². The van der Waals surface area contributed by atoms with E-state index in [1.54, 1.807) is 0 Å². The van der Waals surface area contributed by atoms with Crippen LogP contribution in [0.25, 0.3) is 0 Å². The van der Waals surface area contributed by atoms with E-state index in [2.05, 4.69) is 0 Å². The summed E-state index contributed by atoms with van der Waals surface area (Å²) in [7, 11) is 0. The van der Waals surface area contributed by atoms with Crippen LogP contribution in [-0.2, 0) is 6.42 Å². The summed E-state index contributed by atoms with van der Waals surface area (Å²) >= 11 is 12.7. The van der Waals surface area contributed by atoms with Crippen molar-refractivity contribution in [3.05, 3.63) is 55.7 Å². The van der Waals surface area contributed by atoms with E-state index in [0.717, 1.165) is 23.5 Å². The topological polar surface area (TPSA) is 20.2 Å². The zero-order valence-corrected chi connectivity index (χ0v) is 11.3. The molecule has 0 aliphatic heterocycles. The fourth-order valence-corrected chi connectivity index (χ4v) is 3.18. The van der Waals surface area contributed by atoms with E-state index in [1.165, 1.54) is 12.1 Å². The molecule has 2 aromatic rings. The fourth-order valence-electron chi connectivity index (χ4n) is 1.61. The summed E-state index contributed by atoms with van der Waals surface area (Å²) in [6, 6.07) is 5.06. The van der Waals surface area contributed by atoms with Crippen molar-refractivity contribution in [2.75, 3.05) is 0 Å². The van der Waals surface area contributed by atoms with Gasteiger partial charge < -0.3 is 5.11 Å². The zero-order chi connectivity index (χ0) is 13.3. The summed E-state index contributed by atoms with van der Waals surface area (Å²) in [5, 5.41) is 9.95. The van der Waals surface area contributed by atoms with Gasteiger partial charge in [0.15, 0.2) is 0 Å². The van der Waals surface area contributed by atoms with Gasteiger partial charge in [0.25, 0.3) is 0 Å². The number of aliphatic hydroxyl groups excluding tert-OH is 1. The van der Waals surface area contributed by atoms with Crippen LogP contribution in [0.1, 0.15) is 17.2 Å². The molecule has 1 unspecified atom stereocenters. The van der Waals surface area contributed by atoms with E-state index < -0.39 is 17.7 Å². The second-order valence-electron chi connectivity index (χ2n) is 3.70. The summed E-state index contributed by atoms with van der Waals surface area (Å²) in [4.78, 5) is 0. The van der Waals surface area contributed by atoms with Crippen LogP contribution >= 0.6 is 34.5 Å². The van der Waals surface area contributed by atoms with E-state index in [0.29, 0.717) is 14.2 Å². The molecule has 0 amide bonds. The molecule has 0 aliphatic rings. The highest BCUT2D eigenvalue weighted by molar-refractivity contribution is 7.20. The van der Waals surface area contributed by atoms with Crippen LogP contribution in [0.15, 0.2) is 24.3 Å². The lowest BCUT2D eigenvalue weighted by atomic mass is 10.0. The molecule has 1 aromatic heterocycles. The molecule has 0 fully saturated rings. The van der Waals surface area contributed by atoms with Crippen LogP contribution in [-0.4, -0.2) is 5.11 Å². The second-order valence-corrected chi connectivity index (χ2v) is 5.99. The first kappa shape index (κ1) is 13.7. The molecule has 0 saturated carbocycles. The Balaban J connectivity index is 2.26. The monoisotopic (exact) mass is 308 g/mol. The highest BCUT2D eigenvalue weighted by Crippen LogP contribution is 2.36. The normalized spacial score (nSPS) is 12.7. The Labute approximate surface area is 117 Å². The molecule has 1 atom stereocenters. The zero-order valence-electron chi connectivity index (χ0n) is 8.96. The van der Waals surface area contributed by atoms with Gasteiger partial charge in [-0.3, -0.25) is 0 Å². The average molecular weight is 309 g/mol. The lowest BCUT2D eigenvalue weighted by Crippen LogP contribution is -2.05. The first-order valence-corrected chi connectivity index (χ1v) is 6.62. The van der Waals surface area contributed by atoms with Crippen LogP contribution in [0, 0.1) is 11.6 Å². The average Bonchev–Trinajstić information content (AvgIpc) is 2.63. The third kappa shape index (κ3) is 2.83. The number of hydrogen-bond donors (Lipinski definition) is 1. The van der Waals surface area contributed by atoms with Crippen molar-refractivity contribution in [1.29, 1.82) is 0 Å². The van der Waals surface area contributed by atoms with Gasteiger partial charge in [0.1, 0.15) is 16.0 Å². The maximum Gasteiger partial charge on any atom is 0.129 e. The quantitative estimate of drug-likeness (QED) is 0.878. The SMILES string of the molecule is OC(Cc1c(F)cccc1F)c1cc(Cl)sc1Cl. The number of rotatable bonds is 3. The van der Waals surface area contributed by atoms with Crippen molar-refractivity contribution in [2.45, 2.75) is 12.5 Å². The molecule has 96 valence electrons. The second kappa shape index (κ2) is 5.53. The largest absolute Gasteiger partial charge is 0.388 e. The third-order valence-corrected chi connectivity index (χ3v) is 4.02. The summed E-state index contributed by atoms with van der Waals surface area (Å²) < 4.78 is 27.6. The first-order valence-electron chi connectivity index (χ1n) is 5.04. The Morgan fingerprint density at radius 3 is 2.33 bits per heavy atom. The Bertz CT molecular complexity index is 551. The van der Waals surface area contributed by atoms with Gasteiger partial charge in [-0.2, -0.15) is 0 Å². The Morgan fingerprint density at radius 1 is 1.22 bits per heavy atom. The highest BCUT2D eigenvalue weighted by Gasteiger charge is 2.19. The lowest BCUT2D eigenvalue weighted by molar-refractivity contribution is 0.176. The molecule has 0 spiro atoms. The van der Waals surface area contributed by atoms with Gasteiger partial charge >= 0.3 is 0 Å². The molecule has 2 rings (SSSR count). The molecule has 1 heterocycles. The number of hydrogen-bond acceptors (Lipinski definition) is 2. The van der Waals surface area contributed by atoms with Crippen molar-refractivity contribution in [3.8, 4) is 0 Å². The maximum atomic E-state index is 13.4. The van der Waals surface area contributed by atoms with Gasteiger partial charge in [0.05, 0.1) is 10.4 Å². The van der Waals surface area contributed by atoms with E-state index in [4.69, 9.17) is 23.2 Å². The lowest BCUT2D eigenvalue weighted by Gasteiger charge is -2.11. The number of thiophene rings is 1. The van der Waals surface area contributed by atoms with Crippen LogP contribution in [0.3, 0.4) is 0 Å². The molecular weight excluding hydrogens is 301 g/mol. The molecule has 1 N–H and O–H groups in total. The molecular formula is C12H8Cl2F2OS. The number of aliphatic hydroxyl groups is 1. The predicted molar refractivity (Wildman–Crippen MR) is 69.4 cm³/mol. The molecule has 0 bridgehead atoms. The van der Waals surface area contributed by atoms with Crippen molar-refractivity contribution >= 4 is 34.5 Å². The third-order valence-electron chi connectivity index (χ3n) is 2.50. The van der Waals surface area contributed by atoms with Gasteiger partial charge in [-0.15, -0.1) is 11.3 Å². The van der Waals surface area contributed by atoms with Gasteiger partial charge in [0, 0.05) is 17.5 Å². The standard InChI is InChI=1S/C12H8Cl2F2OS/c13-11-5-7(12(14)18-11)10(17)4-6-8(15)2-1-3-9(6)16/h1-3,5,10,17H,4H2. The minimum absolute atomic E-state index is 0.164. The van der Waals surface area contributed by atoms with E-state index in [-0.39, 0.29) is 12.0 Å². The van der Waals surface area contributed by atoms with E-state index >= 15 is 0 Å². The summed E-state index contributed by atoms with van der Waals surface area (Å²) in [5.41, 5.74) is 0.220. The van der Waals surface area contributed by atoms with Crippen molar-refractivity contribution in [2.24, 2.45) is 0 Å². The van der Waals surface area contributed by atoms with Crippen LogP contribution in [0.2, 0.25) is 8.67 Å². The molecule has 1 aromatic carbocycles. The molecule has 1 nitrogen and oxygen atoms in total. The Kier molecular flexibility index (Phi) is 4.22. The van der Waals surface area contributed by atoms with Gasteiger partial charge in [-0.1, -0.05) is 29.3 Å². The highest BCUT2D eigenvalue weighted by atomic mass is 35.5. The summed E-state index contributed by atoms with van der Waals surface area (Å²) in [6.07, 6.45) is -1.28. The molecule has 0 radical (unpaired) electrons. The van der Waals surface area contributed by atoms with Crippen molar-refractivity contribution in [3.63, 3.8) is 0 Å². The minimum Gasteiger partial charge on any atom is -0.388 e. The van der Waals surface area contributed by atoms with Crippen LogP contribution in [0.4, 0.5) is 8.78 Å². The maximum absolute atomic E-state index is 13.4. The Morgan fingerprint density at radius 2 is 1.83 bits per heavy atom. The van der Waals surface area contributed by atoms with Gasteiger partial charge in [0.2, 0.25) is 0 Å². The van der Waals surface area contributed by atoms with Crippen LogP contribution in [0.5, 0.6) is 0 Å². The molecule has 0 aliphatic carbocycles. The summed E-state index contributed by atoms with van der Waals surface area (Å²) in [6.45, 7) is 0. The van der Waals surface area contributed by atoms with E-state index in [1.807, 2.05) is 0 Å². The van der Waals surface area contributed by atoms with Gasteiger partial charge in [-0.25, -0.2) is 8.78 Å². The van der Waals surface area contributed by atoms with Crippen molar-refractivity contribution in [1.82, 2.24) is 0 Å². The molecule has 0 saturated heterocycles. The van der Waals surface area contributed by atoms with Crippen LogP contribution < -0.4 is 0 Å². The molecule has 6 heteroatoms. The fraction of sp³-hybridized carbons (Fsp3) is 0.167. The summed E-state index contributed by atoms with van der Waals surface area (Å²) in [5.74, 6) is -1.38. The predicted octanol–water partition coefficient (Wildman–Crippen LogP) is 4.61. The number of halogens is 4. The minimum atomic E-state index is -1.09. The smallest absolute Gasteiger partial charge is 0.129 e. The number of benzene rings is 1. The Hall–Kier alpha value is -0.680. The van der Waals surface area contributed by atoms with Crippen molar-refractivity contribution < 1.29 is 13.9 Å².